The van der Waals surface area contributed by atoms with E-state index in [1.807, 2.05) is 20.8 Å². The van der Waals surface area contributed by atoms with Crippen LogP contribution in [0.5, 0.6) is 0 Å². The highest BCUT2D eigenvalue weighted by atomic mass is 16.6. The summed E-state index contributed by atoms with van der Waals surface area (Å²) in [6, 6.07) is 8.84. The van der Waals surface area contributed by atoms with Crippen molar-refractivity contribution < 1.29 is 9.53 Å². The van der Waals surface area contributed by atoms with Gasteiger partial charge >= 0.3 is 5.97 Å². The lowest BCUT2D eigenvalue weighted by atomic mass is 10.0. The number of rotatable bonds is 6. The molecule has 1 rings (SSSR count). The van der Waals surface area contributed by atoms with Gasteiger partial charge in [-0.05, 0) is 53.0 Å². The molecular formula is C17H27NO2. The fraction of sp³-hybridized carbons (Fsp3) is 0.588. The van der Waals surface area contributed by atoms with Gasteiger partial charge in [0.25, 0.3) is 0 Å². The van der Waals surface area contributed by atoms with Gasteiger partial charge in [-0.15, -0.1) is 0 Å². The number of carbonyl (C=O) groups excluding carboxylic acids is 1. The lowest BCUT2D eigenvalue weighted by molar-refractivity contribution is -0.153. The second-order valence-electron chi connectivity index (χ2n) is 6.40. The van der Waals surface area contributed by atoms with Gasteiger partial charge in [0.15, 0.2) is 0 Å². The third-order valence-electron chi connectivity index (χ3n) is 2.96. The molecule has 20 heavy (non-hydrogen) atoms. The van der Waals surface area contributed by atoms with Gasteiger partial charge in [0.05, 0.1) is 6.54 Å². The normalized spacial score (nSPS) is 13.1. The van der Waals surface area contributed by atoms with Crippen molar-refractivity contribution in [3.8, 4) is 0 Å². The van der Waals surface area contributed by atoms with E-state index in [1.165, 1.54) is 11.1 Å². The maximum absolute atomic E-state index is 11.6. The van der Waals surface area contributed by atoms with E-state index in [2.05, 4.69) is 43.4 Å². The first-order chi connectivity index (χ1) is 9.26. The van der Waals surface area contributed by atoms with E-state index in [9.17, 15) is 4.79 Å². The topological polar surface area (TPSA) is 38.3 Å². The molecule has 3 nitrogen and oxygen atoms in total. The number of nitrogens with one attached hydrogen (secondary N) is 1. The van der Waals surface area contributed by atoms with Crippen molar-refractivity contribution >= 4 is 5.97 Å². The minimum Gasteiger partial charge on any atom is -0.459 e. The van der Waals surface area contributed by atoms with Crippen LogP contribution < -0.4 is 5.32 Å². The smallest absolute Gasteiger partial charge is 0.320 e. The molecule has 0 saturated carbocycles. The molecule has 3 heteroatoms. The van der Waals surface area contributed by atoms with E-state index in [-0.39, 0.29) is 12.5 Å². The predicted molar refractivity (Wildman–Crippen MR) is 82.8 cm³/mol. The third-order valence-corrected chi connectivity index (χ3v) is 2.96. The Balaban J connectivity index is 2.27. The Morgan fingerprint density at radius 3 is 2.65 bits per heavy atom. The van der Waals surface area contributed by atoms with Crippen LogP contribution >= 0.6 is 0 Å². The molecule has 0 radical (unpaired) electrons. The highest BCUT2D eigenvalue weighted by Gasteiger charge is 2.16. The van der Waals surface area contributed by atoms with Crippen molar-refractivity contribution in [1.29, 1.82) is 0 Å². The van der Waals surface area contributed by atoms with E-state index < -0.39 is 5.60 Å². The van der Waals surface area contributed by atoms with Crippen molar-refractivity contribution in [2.24, 2.45) is 0 Å². The van der Waals surface area contributed by atoms with Gasteiger partial charge in [-0.2, -0.15) is 0 Å². The molecule has 0 aromatic heterocycles. The number of hydrogen-bond acceptors (Lipinski definition) is 3. The number of hydrogen-bond donors (Lipinski definition) is 1. The third kappa shape index (κ3) is 7.29. The highest BCUT2D eigenvalue weighted by Crippen LogP contribution is 2.09. The van der Waals surface area contributed by atoms with Crippen LogP contribution in [-0.2, 0) is 16.0 Å². The van der Waals surface area contributed by atoms with Crippen LogP contribution in [0.4, 0.5) is 0 Å². The standard InChI is InChI=1S/C17H27NO2/c1-13-7-6-8-15(11-13)10-9-14(2)18-12-16(19)20-17(3,4)5/h6-8,11,14,18H,9-10,12H2,1-5H3. The first kappa shape index (κ1) is 16.7. The molecule has 0 bridgehead atoms. The zero-order valence-electron chi connectivity index (χ0n) is 13.3. The van der Waals surface area contributed by atoms with Crippen molar-refractivity contribution in [2.45, 2.75) is 59.1 Å². The molecule has 112 valence electrons. The highest BCUT2D eigenvalue weighted by molar-refractivity contribution is 5.72. The molecule has 0 aliphatic heterocycles. The molecular weight excluding hydrogens is 250 g/mol. The van der Waals surface area contributed by atoms with Crippen molar-refractivity contribution in [2.75, 3.05) is 6.54 Å². The zero-order chi connectivity index (χ0) is 15.2. The van der Waals surface area contributed by atoms with Gasteiger partial charge < -0.3 is 10.1 Å². The quantitative estimate of drug-likeness (QED) is 0.811. The van der Waals surface area contributed by atoms with Gasteiger partial charge in [-0.25, -0.2) is 0 Å². The fourth-order valence-electron chi connectivity index (χ4n) is 1.99. The summed E-state index contributed by atoms with van der Waals surface area (Å²) < 4.78 is 5.27. The molecule has 0 aliphatic rings. The molecule has 1 aromatic rings. The van der Waals surface area contributed by atoms with E-state index in [1.54, 1.807) is 0 Å². The minimum atomic E-state index is -0.413. The van der Waals surface area contributed by atoms with Gasteiger partial charge in [-0.3, -0.25) is 4.79 Å². The van der Waals surface area contributed by atoms with Crippen LogP contribution in [0.2, 0.25) is 0 Å². The largest absolute Gasteiger partial charge is 0.459 e. The monoisotopic (exact) mass is 277 g/mol. The summed E-state index contributed by atoms with van der Waals surface area (Å²) in [6.45, 7) is 10.1. The summed E-state index contributed by atoms with van der Waals surface area (Å²) >= 11 is 0. The number of aryl methyl sites for hydroxylation is 2. The molecule has 0 spiro atoms. The van der Waals surface area contributed by atoms with Crippen LogP contribution in [0.25, 0.3) is 0 Å². The zero-order valence-corrected chi connectivity index (χ0v) is 13.3. The second kappa shape index (κ2) is 7.44. The summed E-state index contributed by atoms with van der Waals surface area (Å²) in [7, 11) is 0. The number of esters is 1. The molecule has 0 saturated heterocycles. The molecule has 0 heterocycles. The average Bonchev–Trinajstić information content (AvgIpc) is 2.32. The lowest BCUT2D eigenvalue weighted by Crippen LogP contribution is -2.36. The maximum atomic E-state index is 11.6. The van der Waals surface area contributed by atoms with E-state index >= 15 is 0 Å². The molecule has 1 N–H and O–H groups in total. The molecule has 1 unspecified atom stereocenters. The van der Waals surface area contributed by atoms with E-state index in [4.69, 9.17) is 4.74 Å². The van der Waals surface area contributed by atoms with Crippen LogP contribution in [0.15, 0.2) is 24.3 Å². The number of carbonyl (C=O) groups is 1. The molecule has 1 atom stereocenters. The summed E-state index contributed by atoms with van der Waals surface area (Å²) in [6.07, 6.45) is 2.02. The van der Waals surface area contributed by atoms with Crippen molar-refractivity contribution in [3.63, 3.8) is 0 Å². The molecule has 0 aliphatic carbocycles. The van der Waals surface area contributed by atoms with Crippen LogP contribution in [0, 0.1) is 6.92 Å². The summed E-state index contributed by atoms with van der Waals surface area (Å²) in [5, 5.41) is 3.22. The minimum absolute atomic E-state index is 0.195. The van der Waals surface area contributed by atoms with Crippen LogP contribution in [-0.4, -0.2) is 24.2 Å². The second-order valence-corrected chi connectivity index (χ2v) is 6.40. The van der Waals surface area contributed by atoms with E-state index in [0.717, 1.165) is 12.8 Å². The molecule has 0 fully saturated rings. The lowest BCUT2D eigenvalue weighted by Gasteiger charge is -2.20. The predicted octanol–water partition coefficient (Wildman–Crippen LogP) is 3.25. The van der Waals surface area contributed by atoms with Gasteiger partial charge in [0, 0.05) is 6.04 Å². The van der Waals surface area contributed by atoms with Crippen molar-refractivity contribution in [1.82, 2.24) is 5.32 Å². The average molecular weight is 277 g/mol. The van der Waals surface area contributed by atoms with Gasteiger partial charge in [0.2, 0.25) is 0 Å². The van der Waals surface area contributed by atoms with Gasteiger partial charge in [-0.1, -0.05) is 29.8 Å². The molecule has 1 aromatic carbocycles. The Morgan fingerprint density at radius 2 is 2.05 bits per heavy atom. The Hall–Kier alpha value is -1.35. The first-order valence-corrected chi connectivity index (χ1v) is 7.27. The van der Waals surface area contributed by atoms with Gasteiger partial charge in [0.1, 0.15) is 5.60 Å². The summed E-state index contributed by atoms with van der Waals surface area (Å²) in [5.41, 5.74) is 2.22. The summed E-state index contributed by atoms with van der Waals surface area (Å²) in [5.74, 6) is -0.195. The maximum Gasteiger partial charge on any atom is 0.320 e. The molecule has 0 amide bonds. The number of benzene rings is 1. The van der Waals surface area contributed by atoms with Crippen LogP contribution in [0.3, 0.4) is 0 Å². The Morgan fingerprint density at radius 1 is 1.35 bits per heavy atom. The Labute approximate surface area is 122 Å². The van der Waals surface area contributed by atoms with Crippen molar-refractivity contribution in [3.05, 3.63) is 35.4 Å². The van der Waals surface area contributed by atoms with Crippen LogP contribution in [0.1, 0.15) is 45.2 Å². The fourth-order valence-corrected chi connectivity index (χ4v) is 1.99. The number of ether oxygens (including phenoxy) is 1. The summed E-state index contributed by atoms with van der Waals surface area (Å²) in [4.78, 5) is 11.6. The SMILES string of the molecule is Cc1cccc(CCC(C)NCC(=O)OC(C)(C)C)c1. The first-order valence-electron chi connectivity index (χ1n) is 7.27. The van der Waals surface area contributed by atoms with E-state index in [0.29, 0.717) is 6.04 Å². The Kier molecular flexibility index (Phi) is 6.21. The Bertz CT molecular complexity index is 435.